The second-order valence-electron chi connectivity index (χ2n) is 5.36. The average Bonchev–Trinajstić information content (AvgIpc) is 2.60. The molecular weight excluding hydrogens is 309 g/mol. The van der Waals surface area contributed by atoms with E-state index in [0.29, 0.717) is 12.2 Å². The molecule has 0 bridgehead atoms. The van der Waals surface area contributed by atoms with Gasteiger partial charge in [0.25, 0.3) is 5.91 Å². The summed E-state index contributed by atoms with van der Waals surface area (Å²) in [6.45, 7) is 2.43. The van der Waals surface area contributed by atoms with Crippen molar-refractivity contribution in [1.82, 2.24) is 0 Å². The van der Waals surface area contributed by atoms with Crippen molar-refractivity contribution in [3.8, 4) is 0 Å². The van der Waals surface area contributed by atoms with Crippen LogP contribution in [0.2, 0.25) is 0 Å². The van der Waals surface area contributed by atoms with E-state index >= 15 is 0 Å². The quantitative estimate of drug-likeness (QED) is 0.604. The molecule has 0 aliphatic carbocycles. The van der Waals surface area contributed by atoms with E-state index in [1.54, 1.807) is 30.3 Å². The Morgan fingerprint density at radius 2 is 1.79 bits per heavy atom. The summed E-state index contributed by atoms with van der Waals surface area (Å²) in [7, 11) is 0. The van der Waals surface area contributed by atoms with Crippen LogP contribution in [0.5, 0.6) is 0 Å². The number of nitrogens with one attached hydrogen (secondary N) is 1. The van der Waals surface area contributed by atoms with E-state index in [2.05, 4.69) is 12.2 Å². The second kappa shape index (κ2) is 8.82. The van der Waals surface area contributed by atoms with Gasteiger partial charge in [-0.1, -0.05) is 38.0 Å². The fourth-order valence-corrected chi connectivity index (χ4v) is 2.14. The van der Waals surface area contributed by atoms with E-state index < -0.39 is 17.7 Å². The number of unbranched alkanes of at least 4 members (excludes halogenated alkanes) is 2. The first-order chi connectivity index (χ1) is 11.6. The summed E-state index contributed by atoms with van der Waals surface area (Å²) in [5.41, 5.74) is 0.656. The van der Waals surface area contributed by atoms with Crippen molar-refractivity contribution in [2.45, 2.75) is 26.2 Å². The van der Waals surface area contributed by atoms with Crippen LogP contribution in [0.15, 0.2) is 48.5 Å². The van der Waals surface area contributed by atoms with Crippen LogP contribution in [0, 0.1) is 5.82 Å². The van der Waals surface area contributed by atoms with Crippen molar-refractivity contribution < 1.29 is 18.7 Å². The molecule has 2 rings (SSSR count). The molecule has 126 valence electrons. The third kappa shape index (κ3) is 4.91. The molecule has 0 heterocycles. The number of para-hydroxylation sites is 1. The molecule has 0 aromatic heterocycles. The van der Waals surface area contributed by atoms with E-state index in [9.17, 15) is 14.0 Å². The summed E-state index contributed by atoms with van der Waals surface area (Å²) in [6.07, 6.45) is 2.86. The van der Waals surface area contributed by atoms with E-state index in [-0.39, 0.29) is 11.3 Å². The first kappa shape index (κ1) is 17.7. The molecule has 0 unspecified atom stereocenters. The first-order valence-electron chi connectivity index (χ1n) is 7.95. The number of esters is 1. The van der Waals surface area contributed by atoms with E-state index in [1.807, 2.05) is 0 Å². The normalized spacial score (nSPS) is 10.2. The Labute approximate surface area is 140 Å². The van der Waals surface area contributed by atoms with Crippen LogP contribution in [0.25, 0.3) is 0 Å². The van der Waals surface area contributed by atoms with Gasteiger partial charge in [-0.25, -0.2) is 9.18 Å². The van der Waals surface area contributed by atoms with Gasteiger partial charge in [0.1, 0.15) is 5.82 Å². The molecule has 0 fully saturated rings. The fraction of sp³-hybridized carbons (Fsp3) is 0.263. The Balaban J connectivity index is 2.02. The van der Waals surface area contributed by atoms with Gasteiger partial charge in [-0.15, -0.1) is 0 Å². The lowest BCUT2D eigenvalue weighted by atomic mass is 10.1. The summed E-state index contributed by atoms with van der Waals surface area (Å²) >= 11 is 0. The molecule has 0 saturated carbocycles. The number of halogens is 1. The van der Waals surface area contributed by atoms with Crippen LogP contribution in [0.1, 0.15) is 46.9 Å². The van der Waals surface area contributed by atoms with Gasteiger partial charge < -0.3 is 10.1 Å². The monoisotopic (exact) mass is 329 g/mol. The highest BCUT2D eigenvalue weighted by atomic mass is 19.1. The zero-order valence-corrected chi connectivity index (χ0v) is 13.5. The minimum absolute atomic E-state index is 0.0926. The topological polar surface area (TPSA) is 55.4 Å². The van der Waals surface area contributed by atoms with Gasteiger partial charge in [0.2, 0.25) is 0 Å². The highest BCUT2D eigenvalue weighted by molar-refractivity contribution is 6.05. The van der Waals surface area contributed by atoms with E-state index in [1.165, 1.54) is 18.2 Å². The molecule has 24 heavy (non-hydrogen) atoms. The fourth-order valence-electron chi connectivity index (χ4n) is 2.14. The van der Waals surface area contributed by atoms with Gasteiger partial charge in [-0.3, -0.25) is 4.79 Å². The highest BCUT2D eigenvalue weighted by Gasteiger charge is 2.13. The van der Waals surface area contributed by atoms with Crippen molar-refractivity contribution in [2.75, 3.05) is 11.9 Å². The minimum atomic E-state index is -0.516. The number of hydrogen-bond donors (Lipinski definition) is 1. The Bertz CT molecular complexity index is 715. The molecule has 2 aromatic rings. The zero-order chi connectivity index (χ0) is 17.4. The van der Waals surface area contributed by atoms with Crippen LogP contribution in [0.3, 0.4) is 0 Å². The number of amides is 1. The number of carbonyl (C=O) groups is 2. The Morgan fingerprint density at radius 1 is 1.04 bits per heavy atom. The van der Waals surface area contributed by atoms with Crippen LogP contribution in [-0.4, -0.2) is 18.5 Å². The van der Waals surface area contributed by atoms with Crippen molar-refractivity contribution in [2.24, 2.45) is 0 Å². The molecule has 0 aliphatic heterocycles. The number of ether oxygens (including phenoxy) is 1. The average molecular weight is 329 g/mol. The largest absolute Gasteiger partial charge is 0.462 e. The van der Waals surface area contributed by atoms with Crippen molar-refractivity contribution in [3.05, 3.63) is 65.5 Å². The highest BCUT2D eigenvalue weighted by Crippen LogP contribution is 2.15. The minimum Gasteiger partial charge on any atom is -0.462 e. The third-order valence-electron chi connectivity index (χ3n) is 3.46. The third-order valence-corrected chi connectivity index (χ3v) is 3.46. The Morgan fingerprint density at radius 3 is 2.54 bits per heavy atom. The summed E-state index contributed by atoms with van der Waals surface area (Å²) < 4.78 is 18.8. The maximum absolute atomic E-state index is 13.6. The smallest absolute Gasteiger partial charge is 0.338 e. The molecular formula is C19H20FNO3. The second-order valence-corrected chi connectivity index (χ2v) is 5.36. The Hall–Kier alpha value is -2.69. The molecule has 0 atom stereocenters. The molecule has 4 nitrogen and oxygen atoms in total. The van der Waals surface area contributed by atoms with Gasteiger partial charge in [-0.2, -0.15) is 0 Å². The molecule has 1 N–H and O–H groups in total. The molecule has 5 heteroatoms. The molecule has 0 aliphatic rings. The van der Waals surface area contributed by atoms with E-state index in [0.717, 1.165) is 19.3 Å². The van der Waals surface area contributed by atoms with Crippen LogP contribution < -0.4 is 5.32 Å². The molecule has 0 spiro atoms. The SMILES string of the molecule is CCCCCOC(=O)c1cccc(C(=O)Nc2ccccc2F)c1. The summed E-state index contributed by atoms with van der Waals surface area (Å²) in [6, 6.07) is 12.1. The van der Waals surface area contributed by atoms with Crippen molar-refractivity contribution in [1.29, 1.82) is 0 Å². The Kier molecular flexibility index (Phi) is 6.49. The maximum atomic E-state index is 13.6. The zero-order valence-electron chi connectivity index (χ0n) is 13.5. The van der Waals surface area contributed by atoms with Crippen molar-refractivity contribution >= 4 is 17.6 Å². The lowest BCUT2D eigenvalue weighted by Gasteiger charge is -2.08. The molecule has 0 saturated heterocycles. The van der Waals surface area contributed by atoms with Crippen LogP contribution >= 0.6 is 0 Å². The van der Waals surface area contributed by atoms with Crippen molar-refractivity contribution in [3.63, 3.8) is 0 Å². The summed E-state index contributed by atoms with van der Waals surface area (Å²) in [5, 5.41) is 2.49. The van der Waals surface area contributed by atoms with Gasteiger partial charge in [0.05, 0.1) is 17.9 Å². The number of rotatable bonds is 7. The van der Waals surface area contributed by atoms with Gasteiger partial charge >= 0.3 is 5.97 Å². The first-order valence-corrected chi connectivity index (χ1v) is 7.95. The van der Waals surface area contributed by atoms with Gasteiger partial charge in [0.15, 0.2) is 0 Å². The van der Waals surface area contributed by atoms with Gasteiger partial charge in [-0.05, 0) is 36.8 Å². The lowest BCUT2D eigenvalue weighted by Crippen LogP contribution is -2.14. The molecule has 1 amide bonds. The molecule has 0 radical (unpaired) electrons. The predicted molar refractivity (Wildman–Crippen MR) is 90.6 cm³/mol. The number of hydrogen-bond acceptors (Lipinski definition) is 3. The molecule has 2 aromatic carbocycles. The predicted octanol–water partition coefficient (Wildman–Crippen LogP) is 4.43. The van der Waals surface area contributed by atoms with Gasteiger partial charge in [0, 0.05) is 5.56 Å². The number of benzene rings is 2. The van der Waals surface area contributed by atoms with Crippen LogP contribution in [-0.2, 0) is 4.74 Å². The number of anilines is 1. The summed E-state index contributed by atoms with van der Waals surface area (Å²) in [5.74, 6) is -1.47. The van der Waals surface area contributed by atoms with Crippen LogP contribution in [0.4, 0.5) is 10.1 Å². The van der Waals surface area contributed by atoms with E-state index in [4.69, 9.17) is 4.74 Å². The number of carbonyl (C=O) groups excluding carboxylic acids is 2. The standard InChI is InChI=1S/C19H20FNO3/c1-2-3-6-12-24-19(23)15-9-7-8-14(13-15)18(22)21-17-11-5-4-10-16(17)20/h4-5,7-11,13H,2-3,6,12H2,1H3,(H,21,22). The lowest BCUT2D eigenvalue weighted by molar-refractivity contribution is 0.0498. The summed E-state index contributed by atoms with van der Waals surface area (Å²) in [4.78, 5) is 24.2. The maximum Gasteiger partial charge on any atom is 0.338 e.